The minimum atomic E-state index is -0.978. The van der Waals surface area contributed by atoms with Gasteiger partial charge in [-0.25, -0.2) is 4.98 Å². The number of methoxy groups -OCH3 is 1. The third kappa shape index (κ3) is 3.22. The molecule has 146 valence electrons. The highest BCUT2D eigenvalue weighted by Gasteiger charge is 2.48. The van der Waals surface area contributed by atoms with Crippen molar-refractivity contribution in [2.24, 2.45) is 0 Å². The Hall–Kier alpha value is -3.37. The molecule has 1 aliphatic heterocycles. The molecule has 29 heavy (non-hydrogen) atoms. The number of Topliss-reactive ketones (excluding diaryl/α,β-unsaturated/α-hetero) is 1. The van der Waals surface area contributed by atoms with Gasteiger partial charge in [-0.15, -0.1) is 10.2 Å². The molecule has 4 rings (SSSR count). The summed E-state index contributed by atoms with van der Waals surface area (Å²) in [7, 11) is 1.47. The maximum atomic E-state index is 12.9. The van der Waals surface area contributed by atoms with Gasteiger partial charge in [0.25, 0.3) is 5.78 Å². The number of rotatable bonds is 4. The first-order valence-electron chi connectivity index (χ1n) is 8.20. The molecule has 1 N–H and O–H groups in total. The lowest BCUT2D eigenvalue weighted by Gasteiger charge is -2.22. The van der Waals surface area contributed by atoms with Crippen molar-refractivity contribution in [1.29, 1.82) is 0 Å². The Morgan fingerprint density at radius 2 is 2.14 bits per heavy atom. The first-order chi connectivity index (χ1) is 14.0. The van der Waals surface area contributed by atoms with E-state index in [9.17, 15) is 14.7 Å². The van der Waals surface area contributed by atoms with Gasteiger partial charge >= 0.3 is 5.91 Å². The molecule has 3 aromatic rings. The molecule has 1 aliphatic rings. The maximum Gasteiger partial charge on any atom is 0.301 e. The molecule has 0 spiro atoms. The first kappa shape index (κ1) is 19.0. The number of ether oxygens (including phenoxy) is 1. The maximum absolute atomic E-state index is 12.9. The molecular weight excluding hydrogens is 418 g/mol. The number of nitrogens with zero attached hydrogens (tertiary/aromatic N) is 5. The van der Waals surface area contributed by atoms with Gasteiger partial charge in [0.1, 0.15) is 17.0 Å². The smallest absolute Gasteiger partial charge is 0.301 e. The Bertz CT molecular complexity index is 1120. The van der Waals surface area contributed by atoms with Crippen LogP contribution in [0, 0.1) is 0 Å². The Balaban J connectivity index is 1.95. The summed E-state index contributed by atoms with van der Waals surface area (Å²) in [6.45, 7) is 0. The van der Waals surface area contributed by atoms with Crippen molar-refractivity contribution in [1.82, 2.24) is 20.2 Å². The molecule has 11 heteroatoms. The summed E-state index contributed by atoms with van der Waals surface area (Å²) in [6, 6.07) is 3.85. The van der Waals surface area contributed by atoms with Crippen LogP contribution in [0.4, 0.5) is 5.13 Å². The highest BCUT2D eigenvalue weighted by atomic mass is 35.5. The quantitative estimate of drug-likeness (QED) is 0.382. The van der Waals surface area contributed by atoms with E-state index in [1.807, 2.05) is 0 Å². The molecule has 0 saturated carbocycles. The molecule has 1 saturated heterocycles. The van der Waals surface area contributed by atoms with Crippen LogP contribution in [0.15, 0.2) is 47.9 Å². The highest BCUT2D eigenvalue weighted by Crippen LogP contribution is 2.43. The van der Waals surface area contributed by atoms with Crippen LogP contribution in [0.2, 0.25) is 5.02 Å². The number of carbonyl (C=O) groups is 2. The van der Waals surface area contributed by atoms with E-state index in [1.54, 1.807) is 18.2 Å². The lowest BCUT2D eigenvalue weighted by molar-refractivity contribution is -0.132. The van der Waals surface area contributed by atoms with E-state index in [0.717, 1.165) is 11.3 Å². The van der Waals surface area contributed by atoms with Crippen LogP contribution in [0.25, 0.3) is 5.76 Å². The standard InChI is InChI=1S/C18H12ClN5O4S/c1-28-12-3-2-9(6-10(12)19)14-13(15(25)11-7-20-4-5-21-11)16(26)17(27)24(14)18-23-22-8-29-18/h2-8,14,25H,1H3/b15-13+. The Labute approximate surface area is 173 Å². The number of ketones is 1. The van der Waals surface area contributed by atoms with Gasteiger partial charge in [0.05, 0.1) is 29.9 Å². The van der Waals surface area contributed by atoms with Crippen molar-refractivity contribution < 1.29 is 19.4 Å². The molecule has 1 amide bonds. The van der Waals surface area contributed by atoms with Gasteiger partial charge < -0.3 is 9.84 Å². The van der Waals surface area contributed by atoms with Crippen molar-refractivity contribution in [3.63, 3.8) is 0 Å². The van der Waals surface area contributed by atoms with Gasteiger partial charge in [-0.05, 0) is 17.7 Å². The van der Waals surface area contributed by atoms with E-state index >= 15 is 0 Å². The molecule has 2 aromatic heterocycles. The molecule has 0 radical (unpaired) electrons. The third-order valence-corrected chi connectivity index (χ3v) is 5.28. The molecule has 0 bridgehead atoms. The molecule has 1 aromatic carbocycles. The van der Waals surface area contributed by atoms with Gasteiger partial charge in [-0.3, -0.25) is 19.5 Å². The fourth-order valence-electron chi connectivity index (χ4n) is 3.03. The molecule has 1 atom stereocenters. The Morgan fingerprint density at radius 1 is 1.31 bits per heavy atom. The van der Waals surface area contributed by atoms with Crippen LogP contribution in [-0.4, -0.2) is 44.1 Å². The number of carbonyl (C=O) groups excluding carboxylic acids is 2. The van der Waals surface area contributed by atoms with Crippen molar-refractivity contribution in [2.45, 2.75) is 6.04 Å². The van der Waals surface area contributed by atoms with Crippen LogP contribution >= 0.6 is 22.9 Å². The SMILES string of the molecule is COc1ccc(C2/C(=C(\O)c3cnccn3)C(=O)C(=O)N2c2nncs2)cc1Cl. The predicted molar refractivity (Wildman–Crippen MR) is 105 cm³/mol. The second-order valence-electron chi connectivity index (χ2n) is 5.88. The predicted octanol–water partition coefficient (Wildman–Crippen LogP) is 2.62. The lowest BCUT2D eigenvalue weighted by atomic mass is 9.96. The molecule has 1 unspecified atom stereocenters. The van der Waals surface area contributed by atoms with E-state index in [2.05, 4.69) is 20.2 Å². The second-order valence-corrected chi connectivity index (χ2v) is 7.09. The number of aromatic nitrogens is 4. The number of halogens is 1. The summed E-state index contributed by atoms with van der Waals surface area (Å²) in [5.41, 5.74) is 1.84. The van der Waals surface area contributed by atoms with Crippen molar-refractivity contribution in [3.8, 4) is 5.75 Å². The molecule has 3 heterocycles. The van der Waals surface area contributed by atoms with Gasteiger partial charge in [0.2, 0.25) is 5.13 Å². The van der Waals surface area contributed by atoms with Gasteiger partial charge in [-0.2, -0.15) is 0 Å². The number of aliphatic hydroxyl groups excluding tert-OH is 1. The summed E-state index contributed by atoms with van der Waals surface area (Å²) in [5, 5.41) is 19.0. The number of amides is 1. The van der Waals surface area contributed by atoms with Crippen molar-refractivity contribution in [3.05, 3.63) is 64.2 Å². The summed E-state index contributed by atoms with van der Waals surface area (Å²) in [4.78, 5) is 34.8. The average molecular weight is 430 g/mol. The zero-order valence-corrected chi connectivity index (χ0v) is 16.4. The highest BCUT2D eigenvalue weighted by molar-refractivity contribution is 7.13. The number of benzene rings is 1. The Kier molecular flexibility index (Phi) is 4.95. The van der Waals surface area contributed by atoms with Crippen LogP contribution < -0.4 is 9.64 Å². The normalized spacial score (nSPS) is 18.3. The van der Waals surface area contributed by atoms with Gasteiger partial charge in [0.15, 0.2) is 5.76 Å². The third-order valence-electron chi connectivity index (χ3n) is 4.30. The van der Waals surface area contributed by atoms with Crippen molar-refractivity contribution >= 4 is 45.5 Å². The zero-order valence-electron chi connectivity index (χ0n) is 14.8. The summed E-state index contributed by atoms with van der Waals surface area (Å²) < 4.78 is 5.17. The molecule has 9 nitrogen and oxygen atoms in total. The molecular formula is C18H12ClN5O4S. The second kappa shape index (κ2) is 7.57. The summed E-state index contributed by atoms with van der Waals surface area (Å²) in [5.74, 6) is -1.73. The Morgan fingerprint density at radius 3 is 2.76 bits per heavy atom. The van der Waals surface area contributed by atoms with E-state index in [0.29, 0.717) is 11.3 Å². The van der Waals surface area contributed by atoms with Crippen molar-refractivity contribution in [2.75, 3.05) is 12.0 Å². The van der Waals surface area contributed by atoms with Gasteiger partial charge in [-0.1, -0.05) is 29.0 Å². The number of hydrogen-bond acceptors (Lipinski definition) is 9. The van der Waals surface area contributed by atoms with E-state index < -0.39 is 23.5 Å². The van der Waals surface area contributed by atoms with Crippen LogP contribution in [0.3, 0.4) is 0 Å². The largest absolute Gasteiger partial charge is 0.505 e. The molecule has 0 aliphatic carbocycles. The fourth-order valence-corrected chi connectivity index (χ4v) is 3.88. The summed E-state index contributed by atoms with van der Waals surface area (Å²) in [6.07, 6.45) is 4.10. The van der Waals surface area contributed by atoms with Crippen LogP contribution in [-0.2, 0) is 9.59 Å². The summed E-state index contributed by atoms with van der Waals surface area (Å²) >= 11 is 7.34. The average Bonchev–Trinajstić information content (AvgIpc) is 3.35. The topological polar surface area (TPSA) is 118 Å². The van der Waals surface area contributed by atoms with E-state index in [-0.39, 0.29) is 21.4 Å². The lowest BCUT2D eigenvalue weighted by Crippen LogP contribution is -2.29. The molecule has 1 fully saturated rings. The van der Waals surface area contributed by atoms with Gasteiger partial charge in [0, 0.05) is 12.4 Å². The number of hydrogen-bond donors (Lipinski definition) is 1. The zero-order chi connectivity index (χ0) is 20.5. The van der Waals surface area contributed by atoms with E-state index in [4.69, 9.17) is 16.3 Å². The first-order valence-corrected chi connectivity index (χ1v) is 9.45. The van der Waals surface area contributed by atoms with Crippen LogP contribution in [0.5, 0.6) is 5.75 Å². The monoisotopic (exact) mass is 429 g/mol. The van der Waals surface area contributed by atoms with Crippen LogP contribution in [0.1, 0.15) is 17.3 Å². The number of anilines is 1. The minimum Gasteiger partial charge on any atom is -0.505 e. The minimum absolute atomic E-state index is 0.0624. The van der Waals surface area contributed by atoms with E-state index in [1.165, 1.54) is 36.1 Å². The fraction of sp³-hybridized carbons (Fsp3) is 0.111. The number of aliphatic hydroxyl groups is 1.